The van der Waals surface area contributed by atoms with Crippen molar-refractivity contribution in [2.24, 2.45) is 0 Å². The molecule has 0 aliphatic rings. The Hall–Kier alpha value is -1.07. The van der Waals surface area contributed by atoms with Gasteiger partial charge in [0.25, 0.3) is 0 Å². The SMILES string of the molecule is CCCCC(O)C(C)Nc1ncnc(Cl)c1N. The lowest BCUT2D eigenvalue weighted by molar-refractivity contribution is 0.145. The molecule has 0 amide bonds. The third-order valence-corrected chi connectivity index (χ3v) is 2.93. The number of hydrogen-bond donors (Lipinski definition) is 3. The molecule has 0 spiro atoms. The Morgan fingerprint density at radius 1 is 1.53 bits per heavy atom. The number of aliphatic hydroxyl groups excluding tert-OH is 1. The zero-order valence-electron chi connectivity index (χ0n) is 10.2. The summed E-state index contributed by atoms with van der Waals surface area (Å²) >= 11 is 5.78. The second kappa shape index (κ2) is 6.61. The van der Waals surface area contributed by atoms with E-state index in [2.05, 4.69) is 22.2 Å². The zero-order chi connectivity index (χ0) is 12.8. The molecule has 6 heteroatoms. The molecule has 1 heterocycles. The van der Waals surface area contributed by atoms with Gasteiger partial charge in [-0.15, -0.1) is 0 Å². The van der Waals surface area contributed by atoms with Crippen LogP contribution in [0.2, 0.25) is 5.15 Å². The van der Waals surface area contributed by atoms with Crippen LogP contribution in [0.15, 0.2) is 6.33 Å². The standard InChI is InChI=1S/C11H19ClN4O/c1-3-4-5-8(17)7(2)16-11-9(13)10(12)14-6-15-11/h6-8,17H,3-5,13H2,1-2H3,(H,14,15,16). The molecule has 5 nitrogen and oxygen atoms in total. The van der Waals surface area contributed by atoms with Crippen molar-refractivity contribution in [2.45, 2.75) is 45.3 Å². The van der Waals surface area contributed by atoms with Crippen molar-refractivity contribution < 1.29 is 5.11 Å². The second-order valence-corrected chi connectivity index (χ2v) is 4.43. The highest BCUT2D eigenvalue weighted by molar-refractivity contribution is 6.32. The van der Waals surface area contributed by atoms with Crippen molar-refractivity contribution in [1.82, 2.24) is 9.97 Å². The van der Waals surface area contributed by atoms with E-state index >= 15 is 0 Å². The van der Waals surface area contributed by atoms with Gasteiger partial charge in [0.05, 0.1) is 12.1 Å². The van der Waals surface area contributed by atoms with Crippen molar-refractivity contribution >= 4 is 23.1 Å². The summed E-state index contributed by atoms with van der Waals surface area (Å²) in [5, 5.41) is 13.2. The Balaban J connectivity index is 2.61. The van der Waals surface area contributed by atoms with E-state index in [1.54, 1.807) is 0 Å². The number of nitrogens with two attached hydrogens (primary N) is 1. The van der Waals surface area contributed by atoms with E-state index in [1.165, 1.54) is 6.33 Å². The molecule has 0 bridgehead atoms. The Kier molecular flexibility index (Phi) is 5.44. The predicted octanol–water partition coefficient (Wildman–Crippen LogP) is 2.06. The monoisotopic (exact) mass is 258 g/mol. The average molecular weight is 259 g/mol. The van der Waals surface area contributed by atoms with Crippen molar-refractivity contribution in [3.05, 3.63) is 11.5 Å². The van der Waals surface area contributed by atoms with Gasteiger partial charge in [0.1, 0.15) is 12.0 Å². The first kappa shape index (κ1) is 14.0. The summed E-state index contributed by atoms with van der Waals surface area (Å²) in [5.41, 5.74) is 6.04. The van der Waals surface area contributed by atoms with Gasteiger partial charge in [0, 0.05) is 0 Å². The highest BCUT2D eigenvalue weighted by Crippen LogP contribution is 2.23. The summed E-state index contributed by atoms with van der Waals surface area (Å²) in [6.07, 6.45) is 3.72. The molecular formula is C11H19ClN4O. The Morgan fingerprint density at radius 2 is 2.24 bits per heavy atom. The third kappa shape index (κ3) is 4.02. The van der Waals surface area contributed by atoms with E-state index in [4.69, 9.17) is 17.3 Å². The molecule has 1 aromatic heterocycles. The minimum absolute atomic E-state index is 0.130. The van der Waals surface area contributed by atoms with Gasteiger partial charge in [0.2, 0.25) is 0 Å². The molecule has 0 aliphatic carbocycles. The van der Waals surface area contributed by atoms with Crippen LogP contribution in [0.3, 0.4) is 0 Å². The topological polar surface area (TPSA) is 84.1 Å². The molecule has 0 radical (unpaired) electrons. The zero-order valence-corrected chi connectivity index (χ0v) is 10.9. The van der Waals surface area contributed by atoms with E-state index in [0.29, 0.717) is 11.5 Å². The number of nitrogen functional groups attached to an aromatic ring is 1. The Bertz CT molecular complexity index is 361. The van der Waals surface area contributed by atoms with Crippen molar-refractivity contribution in [1.29, 1.82) is 0 Å². The lowest BCUT2D eigenvalue weighted by Gasteiger charge is -2.21. The number of nitrogens with one attached hydrogen (secondary N) is 1. The molecule has 1 aromatic rings. The number of aromatic nitrogens is 2. The first-order valence-corrected chi connectivity index (χ1v) is 6.14. The van der Waals surface area contributed by atoms with Gasteiger partial charge in [-0.1, -0.05) is 31.4 Å². The Morgan fingerprint density at radius 3 is 2.88 bits per heavy atom. The molecule has 0 aliphatic heterocycles. The van der Waals surface area contributed by atoms with Gasteiger partial charge in [-0.2, -0.15) is 0 Å². The van der Waals surface area contributed by atoms with Crippen LogP contribution in [0.25, 0.3) is 0 Å². The molecule has 0 fully saturated rings. The maximum Gasteiger partial charge on any atom is 0.157 e. The van der Waals surface area contributed by atoms with E-state index < -0.39 is 6.10 Å². The van der Waals surface area contributed by atoms with Gasteiger partial charge in [0.15, 0.2) is 11.0 Å². The summed E-state index contributed by atoms with van der Waals surface area (Å²) in [5.74, 6) is 0.466. The fourth-order valence-electron chi connectivity index (χ4n) is 1.46. The first-order valence-electron chi connectivity index (χ1n) is 5.76. The first-order chi connectivity index (χ1) is 8.06. The average Bonchev–Trinajstić information content (AvgIpc) is 2.31. The van der Waals surface area contributed by atoms with Crippen molar-refractivity contribution in [2.75, 3.05) is 11.1 Å². The van der Waals surface area contributed by atoms with Crippen LogP contribution in [-0.4, -0.2) is 27.2 Å². The summed E-state index contributed by atoms with van der Waals surface area (Å²) in [4.78, 5) is 7.77. The summed E-state index contributed by atoms with van der Waals surface area (Å²) < 4.78 is 0. The summed E-state index contributed by atoms with van der Waals surface area (Å²) in [6.45, 7) is 3.97. The van der Waals surface area contributed by atoms with Gasteiger partial charge < -0.3 is 16.2 Å². The molecular weight excluding hydrogens is 240 g/mol. The van der Waals surface area contributed by atoms with Gasteiger partial charge in [-0.25, -0.2) is 9.97 Å². The number of anilines is 2. The molecule has 4 N–H and O–H groups in total. The normalized spacial score (nSPS) is 14.4. The largest absolute Gasteiger partial charge is 0.393 e. The quantitative estimate of drug-likeness (QED) is 0.680. The molecule has 2 unspecified atom stereocenters. The van der Waals surface area contributed by atoms with E-state index in [1.807, 2.05) is 6.92 Å². The van der Waals surface area contributed by atoms with Crippen LogP contribution in [0.1, 0.15) is 33.1 Å². The lowest BCUT2D eigenvalue weighted by atomic mass is 10.1. The van der Waals surface area contributed by atoms with Crippen molar-refractivity contribution in [3.63, 3.8) is 0 Å². The highest BCUT2D eigenvalue weighted by atomic mass is 35.5. The van der Waals surface area contributed by atoms with Crippen molar-refractivity contribution in [3.8, 4) is 0 Å². The number of hydrogen-bond acceptors (Lipinski definition) is 5. The maximum atomic E-state index is 9.89. The molecule has 0 aromatic carbocycles. The van der Waals surface area contributed by atoms with Gasteiger partial charge in [-0.3, -0.25) is 0 Å². The molecule has 96 valence electrons. The van der Waals surface area contributed by atoms with Gasteiger partial charge in [-0.05, 0) is 13.3 Å². The summed E-state index contributed by atoms with van der Waals surface area (Å²) in [6, 6.07) is -0.130. The molecule has 0 saturated heterocycles. The van der Waals surface area contributed by atoms with Crippen LogP contribution >= 0.6 is 11.6 Å². The van der Waals surface area contributed by atoms with E-state index in [0.717, 1.165) is 19.3 Å². The maximum absolute atomic E-state index is 9.89. The number of rotatable bonds is 6. The smallest absolute Gasteiger partial charge is 0.157 e. The number of halogens is 1. The van der Waals surface area contributed by atoms with E-state index in [-0.39, 0.29) is 11.2 Å². The second-order valence-electron chi connectivity index (χ2n) is 4.07. The van der Waals surface area contributed by atoms with Crippen LogP contribution in [0.5, 0.6) is 0 Å². The minimum atomic E-state index is -0.428. The van der Waals surface area contributed by atoms with Crippen LogP contribution in [0.4, 0.5) is 11.5 Å². The minimum Gasteiger partial charge on any atom is -0.393 e. The third-order valence-electron chi connectivity index (χ3n) is 2.63. The number of unbranched alkanes of at least 4 members (excludes halogenated alkanes) is 1. The number of aliphatic hydroxyl groups is 1. The number of nitrogens with zero attached hydrogens (tertiary/aromatic N) is 2. The van der Waals surface area contributed by atoms with Crippen LogP contribution in [-0.2, 0) is 0 Å². The molecule has 17 heavy (non-hydrogen) atoms. The lowest BCUT2D eigenvalue weighted by Crippen LogP contribution is -2.31. The fourth-order valence-corrected chi connectivity index (χ4v) is 1.60. The Labute approximate surface area is 106 Å². The van der Waals surface area contributed by atoms with E-state index in [9.17, 15) is 5.11 Å². The molecule has 0 saturated carbocycles. The molecule has 1 rings (SSSR count). The summed E-state index contributed by atoms with van der Waals surface area (Å²) in [7, 11) is 0. The van der Waals surface area contributed by atoms with Crippen LogP contribution < -0.4 is 11.1 Å². The highest BCUT2D eigenvalue weighted by Gasteiger charge is 2.16. The van der Waals surface area contributed by atoms with Crippen LogP contribution in [0, 0.1) is 0 Å². The predicted molar refractivity (Wildman–Crippen MR) is 70.1 cm³/mol. The molecule has 2 atom stereocenters. The fraction of sp³-hybridized carbons (Fsp3) is 0.636. The van der Waals surface area contributed by atoms with Gasteiger partial charge >= 0.3 is 0 Å².